The fourth-order valence-electron chi connectivity index (χ4n) is 3.96. The molecule has 4 aromatic rings. The number of ether oxygens (including phenoxy) is 3. The van der Waals surface area contributed by atoms with E-state index in [9.17, 15) is 9.18 Å². The van der Waals surface area contributed by atoms with Crippen LogP contribution in [0.2, 0.25) is 0 Å². The summed E-state index contributed by atoms with van der Waals surface area (Å²) >= 11 is 0. The summed E-state index contributed by atoms with van der Waals surface area (Å²) < 4.78 is 29.8. The number of pyridine rings is 1. The number of fused-ring (bicyclic) bond motifs is 1. The molecule has 0 saturated carbocycles. The molecular weight excluding hydrogens is 445 g/mol. The van der Waals surface area contributed by atoms with E-state index >= 15 is 0 Å². The standard InChI is InChI=1S/C29H28FNO4/c1-33-28-18-25-26(19-29(28)34-2)31-16-15-27(25)35-24-13-9-21(10-14-24)17-23(32)6-4-3-5-20-7-11-22(30)12-8-20/h7-16,18-19H,3-6,17H2,1-2H3. The van der Waals surface area contributed by atoms with Gasteiger partial charge in [0.25, 0.3) is 0 Å². The SMILES string of the molecule is COc1cc2nccc(Oc3ccc(CC(=O)CCCCc4ccc(F)cc4)cc3)c2cc1OC. The Labute approximate surface area is 204 Å². The van der Waals surface area contributed by atoms with Crippen molar-refractivity contribution in [2.24, 2.45) is 0 Å². The van der Waals surface area contributed by atoms with Crippen LogP contribution in [0.4, 0.5) is 4.39 Å². The number of unbranched alkanes of at least 4 members (excludes halogenated alkanes) is 1. The molecule has 6 heteroatoms. The minimum absolute atomic E-state index is 0.207. The molecule has 0 aliphatic carbocycles. The van der Waals surface area contributed by atoms with Gasteiger partial charge in [0.1, 0.15) is 23.1 Å². The van der Waals surface area contributed by atoms with Crippen LogP contribution in [0.5, 0.6) is 23.0 Å². The summed E-state index contributed by atoms with van der Waals surface area (Å²) in [6.45, 7) is 0. The molecule has 0 unspecified atom stereocenters. The summed E-state index contributed by atoms with van der Waals surface area (Å²) in [6.07, 6.45) is 5.19. The van der Waals surface area contributed by atoms with Crippen LogP contribution in [0.15, 0.2) is 72.9 Å². The van der Waals surface area contributed by atoms with E-state index in [-0.39, 0.29) is 11.6 Å². The van der Waals surface area contributed by atoms with Gasteiger partial charge in [-0.05, 0) is 66.8 Å². The average molecular weight is 474 g/mol. The Kier molecular flexibility index (Phi) is 7.93. The molecule has 5 nitrogen and oxygen atoms in total. The number of halogens is 1. The molecule has 4 rings (SSSR count). The van der Waals surface area contributed by atoms with E-state index in [4.69, 9.17) is 14.2 Å². The lowest BCUT2D eigenvalue weighted by Gasteiger charge is -2.12. The second kappa shape index (κ2) is 11.5. The van der Waals surface area contributed by atoms with Gasteiger partial charge in [-0.2, -0.15) is 0 Å². The highest BCUT2D eigenvalue weighted by molar-refractivity contribution is 5.88. The molecule has 0 N–H and O–H groups in total. The lowest BCUT2D eigenvalue weighted by Crippen LogP contribution is -2.03. The normalized spacial score (nSPS) is 10.8. The lowest BCUT2D eigenvalue weighted by atomic mass is 10.0. The number of aryl methyl sites for hydroxylation is 1. The Morgan fingerprint density at radius 2 is 1.51 bits per heavy atom. The molecule has 0 radical (unpaired) electrons. The highest BCUT2D eigenvalue weighted by Gasteiger charge is 2.12. The van der Waals surface area contributed by atoms with Gasteiger partial charge in [0, 0.05) is 30.5 Å². The summed E-state index contributed by atoms with van der Waals surface area (Å²) in [6, 6.07) is 19.6. The number of ketones is 1. The number of carbonyl (C=O) groups is 1. The van der Waals surface area contributed by atoms with Crippen LogP contribution in [0, 0.1) is 5.82 Å². The third-order valence-electron chi connectivity index (χ3n) is 5.84. The van der Waals surface area contributed by atoms with Gasteiger partial charge in [-0.1, -0.05) is 24.3 Å². The Morgan fingerprint density at radius 3 is 2.23 bits per heavy atom. The fourth-order valence-corrected chi connectivity index (χ4v) is 3.96. The molecule has 0 bridgehead atoms. The predicted octanol–water partition coefficient (Wildman–Crippen LogP) is 6.71. The number of hydrogen-bond donors (Lipinski definition) is 0. The summed E-state index contributed by atoms with van der Waals surface area (Å²) in [4.78, 5) is 16.8. The number of Topliss-reactive ketones (excluding diaryl/α,β-unsaturated/α-hetero) is 1. The maximum absolute atomic E-state index is 13.0. The van der Waals surface area contributed by atoms with Crippen molar-refractivity contribution >= 4 is 16.7 Å². The zero-order valence-corrected chi connectivity index (χ0v) is 19.9. The second-order valence-electron chi connectivity index (χ2n) is 8.33. The summed E-state index contributed by atoms with van der Waals surface area (Å²) in [5, 5.41) is 0.810. The monoisotopic (exact) mass is 473 g/mol. The van der Waals surface area contributed by atoms with Gasteiger partial charge in [-0.15, -0.1) is 0 Å². The average Bonchev–Trinajstić information content (AvgIpc) is 2.88. The van der Waals surface area contributed by atoms with Crippen LogP contribution >= 0.6 is 0 Å². The quantitative estimate of drug-likeness (QED) is 0.227. The molecule has 180 valence electrons. The van der Waals surface area contributed by atoms with Crippen LogP contribution in [0.25, 0.3) is 10.9 Å². The van der Waals surface area contributed by atoms with Crippen molar-refractivity contribution in [3.05, 3.63) is 89.9 Å². The van der Waals surface area contributed by atoms with Gasteiger partial charge in [-0.3, -0.25) is 9.78 Å². The van der Waals surface area contributed by atoms with Crippen molar-refractivity contribution in [1.82, 2.24) is 4.98 Å². The highest BCUT2D eigenvalue weighted by atomic mass is 19.1. The smallest absolute Gasteiger partial charge is 0.162 e. The van der Waals surface area contributed by atoms with E-state index in [2.05, 4.69) is 4.98 Å². The number of nitrogens with zero attached hydrogens (tertiary/aromatic N) is 1. The highest BCUT2D eigenvalue weighted by Crippen LogP contribution is 2.36. The number of rotatable bonds is 11. The number of methoxy groups -OCH3 is 2. The fraction of sp³-hybridized carbons (Fsp3) is 0.241. The van der Waals surface area contributed by atoms with E-state index < -0.39 is 0 Å². The minimum Gasteiger partial charge on any atom is -0.493 e. The van der Waals surface area contributed by atoms with E-state index in [0.717, 1.165) is 41.3 Å². The van der Waals surface area contributed by atoms with Crippen molar-refractivity contribution in [3.8, 4) is 23.0 Å². The van der Waals surface area contributed by atoms with Crippen molar-refractivity contribution < 1.29 is 23.4 Å². The van der Waals surface area contributed by atoms with Crippen molar-refractivity contribution in [2.45, 2.75) is 32.1 Å². The van der Waals surface area contributed by atoms with Gasteiger partial charge in [-0.25, -0.2) is 4.39 Å². The molecule has 3 aromatic carbocycles. The Bertz CT molecular complexity index is 1290. The first-order chi connectivity index (χ1) is 17.1. The molecule has 35 heavy (non-hydrogen) atoms. The molecule has 0 atom stereocenters. The topological polar surface area (TPSA) is 57.7 Å². The first kappa shape index (κ1) is 24.2. The zero-order chi connectivity index (χ0) is 24.6. The predicted molar refractivity (Wildman–Crippen MR) is 134 cm³/mol. The molecular formula is C29H28FNO4. The van der Waals surface area contributed by atoms with Crippen LogP contribution in [0.1, 0.15) is 30.4 Å². The number of carbonyl (C=O) groups excluding carboxylic acids is 1. The van der Waals surface area contributed by atoms with Crippen LogP contribution in [-0.4, -0.2) is 25.0 Å². The number of hydrogen-bond acceptors (Lipinski definition) is 5. The molecule has 0 spiro atoms. The van der Waals surface area contributed by atoms with Crippen molar-refractivity contribution in [3.63, 3.8) is 0 Å². The number of benzene rings is 3. The molecule has 1 aromatic heterocycles. The molecule has 0 saturated heterocycles. The Hall–Kier alpha value is -3.93. The maximum atomic E-state index is 13.0. The van der Waals surface area contributed by atoms with Gasteiger partial charge in [0.15, 0.2) is 11.5 Å². The van der Waals surface area contributed by atoms with Crippen LogP contribution < -0.4 is 14.2 Å². The molecule has 1 heterocycles. The minimum atomic E-state index is -0.227. The Balaban J connectivity index is 1.32. The third-order valence-corrected chi connectivity index (χ3v) is 5.84. The van der Waals surface area contributed by atoms with E-state index in [1.54, 1.807) is 38.6 Å². The molecule has 0 amide bonds. The van der Waals surface area contributed by atoms with Crippen LogP contribution in [-0.2, 0) is 17.6 Å². The van der Waals surface area contributed by atoms with Gasteiger partial charge < -0.3 is 14.2 Å². The third kappa shape index (κ3) is 6.35. The first-order valence-electron chi connectivity index (χ1n) is 11.6. The first-order valence-corrected chi connectivity index (χ1v) is 11.6. The van der Waals surface area contributed by atoms with Gasteiger partial charge in [0.2, 0.25) is 0 Å². The van der Waals surface area contributed by atoms with Crippen molar-refractivity contribution in [2.75, 3.05) is 14.2 Å². The molecule has 0 aliphatic rings. The largest absolute Gasteiger partial charge is 0.493 e. The summed E-state index contributed by atoms with van der Waals surface area (Å²) in [7, 11) is 3.18. The van der Waals surface area contributed by atoms with Crippen molar-refractivity contribution in [1.29, 1.82) is 0 Å². The second-order valence-corrected chi connectivity index (χ2v) is 8.33. The summed E-state index contributed by atoms with van der Waals surface area (Å²) in [5.74, 6) is 2.51. The maximum Gasteiger partial charge on any atom is 0.162 e. The van der Waals surface area contributed by atoms with E-state index in [1.165, 1.54) is 12.1 Å². The summed E-state index contributed by atoms with van der Waals surface area (Å²) in [5.41, 5.74) is 2.78. The zero-order valence-electron chi connectivity index (χ0n) is 19.9. The van der Waals surface area contributed by atoms with Gasteiger partial charge in [0.05, 0.1) is 19.7 Å². The van der Waals surface area contributed by atoms with E-state index in [0.29, 0.717) is 35.8 Å². The number of aromatic nitrogens is 1. The van der Waals surface area contributed by atoms with Crippen LogP contribution in [0.3, 0.4) is 0 Å². The van der Waals surface area contributed by atoms with E-state index in [1.807, 2.05) is 36.4 Å². The molecule has 0 fully saturated rings. The molecule has 0 aliphatic heterocycles. The Morgan fingerprint density at radius 1 is 0.829 bits per heavy atom. The van der Waals surface area contributed by atoms with Gasteiger partial charge >= 0.3 is 0 Å². The lowest BCUT2D eigenvalue weighted by molar-refractivity contribution is -0.118.